The first-order chi connectivity index (χ1) is 14.4. The van der Waals surface area contributed by atoms with Crippen molar-refractivity contribution in [3.63, 3.8) is 0 Å². The number of aliphatic imine (C=N–C) groups is 3. The molecule has 5 heterocycles. The summed E-state index contributed by atoms with van der Waals surface area (Å²) < 4.78 is 8.61. The number of hydrazine groups is 1. The molecule has 5 N–H and O–H groups in total. The predicted octanol–water partition coefficient (Wildman–Crippen LogP) is 0.802. The Labute approximate surface area is 181 Å². The Morgan fingerprint density at radius 2 is 2.23 bits per heavy atom. The van der Waals surface area contributed by atoms with Gasteiger partial charge >= 0.3 is 0 Å². The van der Waals surface area contributed by atoms with Gasteiger partial charge in [0.15, 0.2) is 5.66 Å². The van der Waals surface area contributed by atoms with Gasteiger partial charge in [0.2, 0.25) is 17.9 Å². The van der Waals surface area contributed by atoms with Gasteiger partial charge in [0, 0.05) is 32.3 Å². The van der Waals surface area contributed by atoms with E-state index in [2.05, 4.69) is 41.3 Å². The number of guanidine groups is 3. The molecule has 0 bridgehead atoms. The van der Waals surface area contributed by atoms with Crippen LogP contribution in [0, 0.1) is 0 Å². The summed E-state index contributed by atoms with van der Waals surface area (Å²) in [6.07, 6.45) is 6.45. The Kier molecular flexibility index (Phi) is 4.64. The SMILES string of the molecule is Cn1cc(Br)c(CN2CCCC2CC2(c3ccco3)N=C3N=C(N)N=C(N)N3N2)n1. The Morgan fingerprint density at radius 3 is 2.97 bits per heavy atom. The normalized spacial score (nSPS) is 26.5. The molecule has 2 aromatic heterocycles. The largest absolute Gasteiger partial charge is 0.465 e. The highest BCUT2D eigenvalue weighted by molar-refractivity contribution is 9.10. The van der Waals surface area contributed by atoms with Crippen LogP contribution in [-0.4, -0.2) is 50.2 Å². The molecule has 5 rings (SSSR count). The van der Waals surface area contributed by atoms with Crippen molar-refractivity contribution in [2.24, 2.45) is 33.5 Å². The van der Waals surface area contributed by atoms with Crippen molar-refractivity contribution < 1.29 is 4.42 Å². The molecular formula is C18H23BrN10O. The summed E-state index contributed by atoms with van der Waals surface area (Å²) in [6, 6.07) is 4.02. The molecule has 1 saturated heterocycles. The first-order valence-electron chi connectivity index (χ1n) is 9.76. The minimum Gasteiger partial charge on any atom is -0.465 e. The fourth-order valence-electron chi connectivity index (χ4n) is 4.31. The van der Waals surface area contributed by atoms with Crippen molar-refractivity contribution in [2.75, 3.05) is 6.54 Å². The van der Waals surface area contributed by atoms with E-state index in [4.69, 9.17) is 20.9 Å². The second-order valence-electron chi connectivity index (χ2n) is 7.70. The zero-order valence-electron chi connectivity index (χ0n) is 16.5. The fourth-order valence-corrected chi connectivity index (χ4v) is 4.81. The number of nitrogens with zero attached hydrogens (tertiary/aromatic N) is 7. The quantitative estimate of drug-likeness (QED) is 0.582. The number of nitrogens with two attached hydrogens (primary N) is 2. The van der Waals surface area contributed by atoms with Crippen molar-refractivity contribution in [2.45, 2.75) is 37.5 Å². The summed E-state index contributed by atoms with van der Waals surface area (Å²) in [6.45, 7) is 1.76. The molecule has 3 aliphatic heterocycles. The lowest BCUT2D eigenvalue weighted by molar-refractivity contribution is 0.146. The van der Waals surface area contributed by atoms with Gasteiger partial charge in [-0.05, 0) is 47.4 Å². The average molecular weight is 475 g/mol. The van der Waals surface area contributed by atoms with Crippen molar-refractivity contribution in [1.82, 2.24) is 25.1 Å². The van der Waals surface area contributed by atoms with Crippen LogP contribution in [0.25, 0.3) is 0 Å². The Bertz CT molecular complexity index is 1040. The van der Waals surface area contributed by atoms with Crippen LogP contribution in [0.15, 0.2) is 48.5 Å². The van der Waals surface area contributed by atoms with Crippen LogP contribution < -0.4 is 16.9 Å². The monoisotopic (exact) mass is 474 g/mol. The summed E-state index contributed by atoms with van der Waals surface area (Å²) in [7, 11) is 1.93. The van der Waals surface area contributed by atoms with E-state index in [1.807, 2.05) is 30.1 Å². The highest BCUT2D eigenvalue weighted by Gasteiger charge is 2.48. The van der Waals surface area contributed by atoms with E-state index in [0.717, 1.165) is 36.1 Å². The van der Waals surface area contributed by atoms with Gasteiger partial charge < -0.3 is 15.9 Å². The third-order valence-electron chi connectivity index (χ3n) is 5.63. The number of fused-ring (bicyclic) bond motifs is 1. The molecule has 2 aromatic rings. The molecule has 0 aliphatic carbocycles. The van der Waals surface area contributed by atoms with Crippen LogP contribution in [0.5, 0.6) is 0 Å². The molecule has 0 aromatic carbocycles. The first kappa shape index (κ1) is 19.3. The van der Waals surface area contributed by atoms with Crippen LogP contribution in [0.3, 0.4) is 0 Å². The van der Waals surface area contributed by atoms with E-state index in [9.17, 15) is 0 Å². The van der Waals surface area contributed by atoms with E-state index in [1.54, 1.807) is 11.3 Å². The number of hydrogen-bond acceptors (Lipinski definition) is 10. The Balaban J connectivity index is 1.44. The van der Waals surface area contributed by atoms with Gasteiger partial charge in [0.1, 0.15) is 5.76 Å². The molecule has 11 nitrogen and oxygen atoms in total. The van der Waals surface area contributed by atoms with Gasteiger partial charge in [-0.2, -0.15) is 20.5 Å². The second kappa shape index (κ2) is 7.22. The van der Waals surface area contributed by atoms with Crippen molar-refractivity contribution in [3.8, 4) is 0 Å². The molecule has 0 spiro atoms. The number of halogens is 1. The summed E-state index contributed by atoms with van der Waals surface area (Å²) in [5.41, 5.74) is 15.4. The van der Waals surface area contributed by atoms with E-state index in [1.165, 1.54) is 0 Å². The maximum atomic E-state index is 6.06. The van der Waals surface area contributed by atoms with Gasteiger partial charge in [-0.1, -0.05) is 0 Å². The molecular weight excluding hydrogens is 452 g/mol. The lowest BCUT2D eigenvalue weighted by Crippen LogP contribution is -2.55. The third-order valence-corrected chi connectivity index (χ3v) is 6.29. The fraction of sp³-hybridized carbons (Fsp3) is 0.444. The van der Waals surface area contributed by atoms with Crippen molar-refractivity contribution in [1.29, 1.82) is 0 Å². The molecule has 12 heteroatoms. The number of furan rings is 1. The number of hydrogen-bond donors (Lipinski definition) is 3. The van der Waals surface area contributed by atoms with Gasteiger partial charge in [0.25, 0.3) is 0 Å². The minimum atomic E-state index is -0.846. The molecule has 1 fully saturated rings. The number of rotatable bonds is 5. The average Bonchev–Trinajstić information content (AvgIpc) is 3.45. The van der Waals surface area contributed by atoms with Gasteiger partial charge in [-0.25, -0.2) is 10.0 Å². The molecule has 0 saturated carbocycles. The Hall–Kier alpha value is -2.70. The number of likely N-dealkylation sites (tertiary alicyclic amines) is 1. The number of nitrogens with one attached hydrogen (secondary N) is 1. The van der Waals surface area contributed by atoms with Crippen LogP contribution in [0.4, 0.5) is 0 Å². The van der Waals surface area contributed by atoms with Crippen LogP contribution in [0.1, 0.15) is 30.7 Å². The first-order valence-corrected chi connectivity index (χ1v) is 10.5. The van der Waals surface area contributed by atoms with E-state index >= 15 is 0 Å². The number of aryl methyl sites for hydroxylation is 1. The topological polar surface area (TPSA) is 139 Å². The lowest BCUT2D eigenvalue weighted by atomic mass is 9.97. The highest BCUT2D eigenvalue weighted by atomic mass is 79.9. The highest BCUT2D eigenvalue weighted by Crippen LogP contribution is 2.38. The summed E-state index contributed by atoms with van der Waals surface area (Å²) >= 11 is 3.61. The summed E-state index contributed by atoms with van der Waals surface area (Å²) in [5, 5.41) is 6.14. The third kappa shape index (κ3) is 3.30. The van der Waals surface area contributed by atoms with E-state index in [-0.39, 0.29) is 18.0 Å². The van der Waals surface area contributed by atoms with Crippen LogP contribution in [-0.2, 0) is 19.3 Å². The minimum absolute atomic E-state index is 0.0852. The molecule has 158 valence electrons. The van der Waals surface area contributed by atoms with E-state index in [0.29, 0.717) is 18.1 Å². The lowest BCUT2D eigenvalue weighted by Gasteiger charge is -2.33. The summed E-state index contributed by atoms with van der Waals surface area (Å²) in [5.74, 6) is 1.36. The van der Waals surface area contributed by atoms with Gasteiger partial charge in [-0.3, -0.25) is 9.58 Å². The zero-order chi connectivity index (χ0) is 20.9. The molecule has 0 amide bonds. The maximum Gasteiger partial charge on any atom is 0.248 e. The predicted molar refractivity (Wildman–Crippen MR) is 115 cm³/mol. The molecule has 2 unspecified atom stereocenters. The van der Waals surface area contributed by atoms with Gasteiger partial charge in [0.05, 0.1) is 16.4 Å². The molecule has 0 radical (unpaired) electrons. The van der Waals surface area contributed by atoms with Crippen molar-refractivity contribution in [3.05, 3.63) is 40.5 Å². The van der Waals surface area contributed by atoms with Crippen LogP contribution >= 0.6 is 15.9 Å². The van der Waals surface area contributed by atoms with E-state index < -0.39 is 5.66 Å². The van der Waals surface area contributed by atoms with Crippen LogP contribution in [0.2, 0.25) is 0 Å². The summed E-state index contributed by atoms with van der Waals surface area (Å²) in [4.78, 5) is 15.6. The second-order valence-corrected chi connectivity index (χ2v) is 8.56. The Morgan fingerprint density at radius 1 is 1.37 bits per heavy atom. The van der Waals surface area contributed by atoms with Crippen molar-refractivity contribution >= 4 is 33.8 Å². The zero-order valence-corrected chi connectivity index (χ0v) is 18.1. The number of aromatic nitrogens is 2. The standard InChI is InChI=1S/C18H23BrN10O/c1-27-9-12(19)13(25-27)10-28-6-2-4-11(28)8-18(14-5-3-7-30-14)24-17-23-15(20)22-16(21)29(17)26-18/h3,5,7,9,11,26H,2,4,6,8,10H2,1H3,(H4,20,21,22,23,24). The molecule has 3 aliphatic rings. The molecule has 30 heavy (non-hydrogen) atoms. The molecule has 2 atom stereocenters. The van der Waals surface area contributed by atoms with Gasteiger partial charge in [-0.15, -0.1) is 0 Å². The smallest absolute Gasteiger partial charge is 0.248 e. The maximum absolute atomic E-state index is 6.06.